The topological polar surface area (TPSA) is 59.1 Å². The zero-order valence-electron chi connectivity index (χ0n) is 17.4. The third-order valence-corrected chi connectivity index (χ3v) is 5.83. The average molecular weight is 443 g/mol. The van der Waals surface area contributed by atoms with Crippen LogP contribution in [-0.2, 0) is 9.53 Å². The second-order valence-electron chi connectivity index (χ2n) is 8.09. The Kier molecular flexibility index (Phi) is 7.10. The Morgan fingerprint density at radius 2 is 1.81 bits per heavy atom. The van der Waals surface area contributed by atoms with Crippen LogP contribution >= 0.6 is 11.6 Å². The van der Waals surface area contributed by atoms with Gasteiger partial charge in [-0.15, -0.1) is 0 Å². The molecule has 0 N–H and O–H groups in total. The van der Waals surface area contributed by atoms with Gasteiger partial charge < -0.3 is 19.3 Å². The first-order chi connectivity index (χ1) is 15.1. The van der Waals surface area contributed by atoms with Crippen LogP contribution in [0.3, 0.4) is 0 Å². The van der Waals surface area contributed by atoms with Gasteiger partial charge in [-0.05, 0) is 55.2 Å². The second-order valence-corrected chi connectivity index (χ2v) is 8.53. The van der Waals surface area contributed by atoms with Crippen LogP contribution in [0.1, 0.15) is 23.2 Å². The number of carbonyl (C=O) groups excluding carboxylic acids is 2. The molecule has 1 atom stereocenters. The summed E-state index contributed by atoms with van der Waals surface area (Å²) in [6.07, 6.45) is 2.12. The molecule has 2 aromatic carbocycles. The van der Waals surface area contributed by atoms with Crippen molar-refractivity contribution in [2.45, 2.75) is 18.9 Å². The molecular weight excluding hydrogens is 416 g/mol. The fourth-order valence-corrected chi connectivity index (χ4v) is 3.81. The van der Waals surface area contributed by atoms with Crippen LogP contribution in [-0.4, -0.2) is 67.1 Å². The summed E-state index contributed by atoms with van der Waals surface area (Å²) in [5.41, 5.74) is 0.684. The van der Waals surface area contributed by atoms with Gasteiger partial charge in [-0.25, -0.2) is 0 Å². The molecule has 2 aromatic rings. The van der Waals surface area contributed by atoms with Crippen LogP contribution in [0.25, 0.3) is 0 Å². The monoisotopic (exact) mass is 442 g/mol. The number of carbonyl (C=O) groups is 2. The molecule has 1 heterocycles. The minimum Gasteiger partial charge on any atom is -0.484 e. The predicted molar refractivity (Wildman–Crippen MR) is 118 cm³/mol. The van der Waals surface area contributed by atoms with Crippen LogP contribution in [0, 0.1) is 5.92 Å². The second kappa shape index (κ2) is 10.2. The van der Waals surface area contributed by atoms with Crippen LogP contribution in [0.4, 0.5) is 0 Å². The van der Waals surface area contributed by atoms with E-state index in [9.17, 15) is 9.59 Å². The van der Waals surface area contributed by atoms with Gasteiger partial charge in [0.05, 0.1) is 12.7 Å². The molecule has 0 radical (unpaired) electrons. The van der Waals surface area contributed by atoms with Crippen molar-refractivity contribution in [2.24, 2.45) is 5.92 Å². The molecule has 0 aromatic heterocycles. The third-order valence-electron chi connectivity index (χ3n) is 5.57. The maximum atomic E-state index is 13.0. The Morgan fingerprint density at radius 1 is 1.06 bits per heavy atom. The van der Waals surface area contributed by atoms with Gasteiger partial charge in [0.25, 0.3) is 11.8 Å². The lowest BCUT2D eigenvalue weighted by Crippen LogP contribution is -2.51. The lowest BCUT2D eigenvalue weighted by Gasteiger charge is -2.36. The summed E-state index contributed by atoms with van der Waals surface area (Å²) < 4.78 is 11.5. The number of ether oxygens (including phenoxy) is 2. The van der Waals surface area contributed by atoms with Crippen molar-refractivity contribution in [3.63, 3.8) is 0 Å². The third kappa shape index (κ3) is 6.21. The molecule has 4 rings (SSSR count). The lowest BCUT2D eigenvalue weighted by atomic mass is 10.1. The first kappa shape index (κ1) is 21.7. The summed E-state index contributed by atoms with van der Waals surface area (Å²) in [6.45, 7) is 2.60. The summed E-state index contributed by atoms with van der Waals surface area (Å²) in [6, 6.07) is 16.3. The summed E-state index contributed by atoms with van der Waals surface area (Å²) in [5, 5.41) is 0.621. The van der Waals surface area contributed by atoms with E-state index in [1.165, 1.54) is 0 Å². The number of hydrogen-bond acceptors (Lipinski definition) is 4. The molecular formula is C24H27ClN2O4. The largest absolute Gasteiger partial charge is 0.484 e. The van der Waals surface area contributed by atoms with E-state index in [0.717, 1.165) is 19.4 Å². The number of morpholine rings is 1. The highest BCUT2D eigenvalue weighted by Gasteiger charge is 2.31. The van der Waals surface area contributed by atoms with Crippen molar-refractivity contribution in [3.8, 4) is 5.75 Å². The van der Waals surface area contributed by atoms with Gasteiger partial charge in [0, 0.05) is 36.8 Å². The number of halogens is 1. The highest BCUT2D eigenvalue weighted by atomic mass is 35.5. The molecule has 1 aliphatic heterocycles. The van der Waals surface area contributed by atoms with Crippen molar-refractivity contribution >= 4 is 23.4 Å². The van der Waals surface area contributed by atoms with Crippen molar-refractivity contribution in [1.82, 2.24) is 9.80 Å². The van der Waals surface area contributed by atoms with Crippen molar-refractivity contribution in [2.75, 3.05) is 39.4 Å². The van der Waals surface area contributed by atoms with Crippen molar-refractivity contribution in [3.05, 3.63) is 65.2 Å². The van der Waals surface area contributed by atoms with E-state index >= 15 is 0 Å². The molecule has 7 heteroatoms. The Hall–Kier alpha value is -2.57. The molecule has 1 saturated heterocycles. The Bertz CT molecular complexity index is 886. The van der Waals surface area contributed by atoms with Crippen molar-refractivity contribution in [1.29, 1.82) is 0 Å². The summed E-state index contributed by atoms with van der Waals surface area (Å²) >= 11 is 5.88. The molecule has 2 amide bonds. The molecule has 2 fully saturated rings. The number of amides is 2. The van der Waals surface area contributed by atoms with Gasteiger partial charge in [0.1, 0.15) is 5.75 Å². The molecule has 0 bridgehead atoms. The lowest BCUT2D eigenvalue weighted by molar-refractivity contribution is -0.141. The molecule has 164 valence electrons. The van der Waals surface area contributed by atoms with Gasteiger partial charge in [0.2, 0.25) is 0 Å². The molecule has 1 aliphatic carbocycles. The summed E-state index contributed by atoms with van der Waals surface area (Å²) in [7, 11) is 0. The van der Waals surface area contributed by atoms with Gasteiger partial charge in [-0.2, -0.15) is 0 Å². The van der Waals surface area contributed by atoms with Gasteiger partial charge in [-0.1, -0.05) is 29.8 Å². The first-order valence-electron chi connectivity index (χ1n) is 10.7. The average Bonchev–Trinajstić information content (AvgIpc) is 3.62. The maximum Gasteiger partial charge on any atom is 0.260 e. The SMILES string of the molecule is O=C(COc1ccc(Cl)cc1)N1CCOC(CN(CC2CC2)C(=O)c2ccccc2)C1. The van der Waals surface area contributed by atoms with E-state index in [2.05, 4.69) is 0 Å². The van der Waals surface area contributed by atoms with Gasteiger partial charge >= 0.3 is 0 Å². The molecule has 6 nitrogen and oxygen atoms in total. The van der Waals surface area contributed by atoms with Gasteiger partial charge in [0.15, 0.2) is 6.61 Å². The summed E-state index contributed by atoms with van der Waals surface area (Å²) in [5.74, 6) is 1.10. The zero-order valence-corrected chi connectivity index (χ0v) is 18.2. The quantitative estimate of drug-likeness (QED) is 0.627. The van der Waals surface area contributed by atoms with Crippen LogP contribution in [0.5, 0.6) is 5.75 Å². The van der Waals surface area contributed by atoms with Crippen LogP contribution in [0.15, 0.2) is 54.6 Å². The predicted octanol–water partition coefficient (Wildman–Crippen LogP) is 3.50. The molecule has 1 unspecified atom stereocenters. The Morgan fingerprint density at radius 3 is 2.52 bits per heavy atom. The highest BCUT2D eigenvalue weighted by molar-refractivity contribution is 6.30. The van der Waals surface area contributed by atoms with Crippen molar-refractivity contribution < 1.29 is 19.1 Å². The fourth-order valence-electron chi connectivity index (χ4n) is 3.69. The Balaban J connectivity index is 1.33. The molecule has 2 aliphatic rings. The smallest absolute Gasteiger partial charge is 0.260 e. The highest BCUT2D eigenvalue weighted by Crippen LogP contribution is 2.30. The minimum absolute atomic E-state index is 0.0191. The number of rotatable bonds is 8. The van der Waals surface area contributed by atoms with E-state index in [-0.39, 0.29) is 24.5 Å². The standard InChI is InChI=1S/C24H27ClN2O4/c25-20-8-10-21(11-9-20)31-17-23(28)26-12-13-30-22(15-26)16-27(14-18-6-7-18)24(29)19-4-2-1-3-5-19/h1-5,8-11,18,22H,6-7,12-17H2. The molecule has 31 heavy (non-hydrogen) atoms. The normalized spacial score (nSPS) is 18.5. The molecule has 1 saturated carbocycles. The van der Waals surface area contributed by atoms with Crippen LogP contribution < -0.4 is 4.74 Å². The van der Waals surface area contributed by atoms with E-state index in [0.29, 0.717) is 48.5 Å². The number of benzene rings is 2. The minimum atomic E-state index is -0.209. The van der Waals surface area contributed by atoms with E-state index in [1.807, 2.05) is 35.2 Å². The van der Waals surface area contributed by atoms with E-state index in [4.69, 9.17) is 21.1 Å². The summed E-state index contributed by atoms with van der Waals surface area (Å²) in [4.78, 5) is 29.3. The first-order valence-corrected chi connectivity index (χ1v) is 11.1. The van der Waals surface area contributed by atoms with Crippen LogP contribution in [0.2, 0.25) is 5.02 Å². The maximum absolute atomic E-state index is 13.0. The Labute approximate surface area is 187 Å². The number of hydrogen-bond donors (Lipinski definition) is 0. The zero-order chi connectivity index (χ0) is 21.6. The van der Waals surface area contributed by atoms with Gasteiger partial charge in [-0.3, -0.25) is 9.59 Å². The number of nitrogens with zero attached hydrogens (tertiary/aromatic N) is 2. The van der Waals surface area contributed by atoms with E-state index < -0.39 is 0 Å². The molecule has 0 spiro atoms. The van der Waals surface area contributed by atoms with E-state index in [1.54, 1.807) is 29.2 Å². The fraction of sp³-hybridized carbons (Fsp3) is 0.417.